The summed E-state index contributed by atoms with van der Waals surface area (Å²) in [4.78, 5) is 31.9. The van der Waals surface area contributed by atoms with E-state index in [1.54, 1.807) is 21.0 Å². The van der Waals surface area contributed by atoms with Gasteiger partial charge in [0.05, 0.1) is 11.6 Å². The molecule has 0 saturated carbocycles. The van der Waals surface area contributed by atoms with Gasteiger partial charge in [-0.1, -0.05) is 42.5 Å². The van der Waals surface area contributed by atoms with E-state index in [1.807, 2.05) is 35.4 Å². The lowest BCUT2D eigenvalue weighted by molar-refractivity contribution is -0.139. The third kappa shape index (κ3) is 4.31. The van der Waals surface area contributed by atoms with Gasteiger partial charge in [-0.2, -0.15) is 0 Å². The van der Waals surface area contributed by atoms with Crippen molar-refractivity contribution in [2.75, 3.05) is 20.2 Å². The second kappa shape index (κ2) is 9.37. The number of nitrogens with zero attached hydrogens (tertiary/aromatic N) is 1. The van der Waals surface area contributed by atoms with Gasteiger partial charge in [0.25, 0.3) is 0 Å². The molecular formula is C29H36N4O3. The SMILES string of the molecule is COC1Cc2ccccc2C12CCN(C(=O)[C@@H](Cc1c[nH]c3ccccc13)NC(=O)C(C)(C)N)CC2. The number of rotatable bonds is 6. The van der Waals surface area contributed by atoms with Crippen molar-refractivity contribution in [2.45, 2.75) is 62.6 Å². The highest BCUT2D eigenvalue weighted by molar-refractivity contribution is 5.92. The Kier molecular flexibility index (Phi) is 6.39. The Balaban J connectivity index is 1.37. The first-order valence-electron chi connectivity index (χ1n) is 12.8. The maximum absolute atomic E-state index is 13.9. The van der Waals surface area contributed by atoms with E-state index >= 15 is 0 Å². The summed E-state index contributed by atoms with van der Waals surface area (Å²) in [5.74, 6) is -0.397. The molecule has 4 N–H and O–H groups in total. The zero-order valence-electron chi connectivity index (χ0n) is 21.3. The number of nitrogens with one attached hydrogen (secondary N) is 2. The minimum absolute atomic E-state index is 0.0621. The molecule has 0 radical (unpaired) electrons. The molecule has 2 aromatic carbocycles. The fourth-order valence-electron chi connectivity index (χ4n) is 6.06. The van der Waals surface area contributed by atoms with Gasteiger partial charge in [0.15, 0.2) is 0 Å². The van der Waals surface area contributed by atoms with E-state index in [9.17, 15) is 9.59 Å². The molecule has 5 rings (SSSR count). The second-order valence-corrected chi connectivity index (χ2v) is 10.9. The summed E-state index contributed by atoms with van der Waals surface area (Å²) in [6.45, 7) is 4.56. The van der Waals surface area contributed by atoms with E-state index in [0.29, 0.717) is 19.5 Å². The summed E-state index contributed by atoms with van der Waals surface area (Å²) in [5.41, 5.74) is 9.63. The van der Waals surface area contributed by atoms with Crippen LogP contribution < -0.4 is 11.1 Å². The Morgan fingerprint density at radius 1 is 1.17 bits per heavy atom. The second-order valence-electron chi connectivity index (χ2n) is 10.9. The number of H-pyrrole nitrogens is 1. The first-order chi connectivity index (χ1) is 17.2. The molecule has 36 heavy (non-hydrogen) atoms. The summed E-state index contributed by atoms with van der Waals surface area (Å²) in [7, 11) is 1.79. The molecule has 3 aromatic rings. The van der Waals surface area contributed by atoms with Crippen molar-refractivity contribution in [1.82, 2.24) is 15.2 Å². The maximum atomic E-state index is 13.9. The van der Waals surface area contributed by atoms with Crippen molar-refractivity contribution in [1.29, 1.82) is 0 Å². The van der Waals surface area contributed by atoms with E-state index in [-0.39, 0.29) is 23.3 Å². The van der Waals surface area contributed by atoms with Crippen LogP contribution in [0.15, 0.2) is 54.7 Å². The number of carbonyl (C=O) groups excluding carboxylic acids is 2. The van der Waals surface area contributed by atoms with Crippen LogP contribution in [0.3, 0.4) is 0 Å². The minimum Gasteiger partial charge on any atom is -0.380 e. The van der Waals surface area contributed by atoms with Crippen LogP contribution in [0.1, 0.15) is 43.4 Å². The van der Waals surface area contributed by atoms with Crippen molar-refractivity contribution < 1.29 is 14.3 Å². The third-order valence-corrected chi connectivity index (χ3v) is 8.11. The molecule has 2 atom stereocenters. The van der Waals surface area contributed by atoms with E-state index in [4.69, 9.17) is 10.5 Å². The van der Waals surface area contributed by atoms with Gasteiger partial charge in [-0.15, -0.1) is 0 Å². The van der Waals surface area contributed by atoms with Crippen molar-refractivity contribution in [3.8, 4) is 0 Å². The summed E-state index contributed by atoms with van der Waals surface area (Å²) >= 11 is 0. The van der Waals surface area contributed by atoms with E-state index in [2.05, 4.69) is 34.6 Å². The molecule has 2 heterocycles. The van der Waals surface area contributed by atoms with E-state index in [0.717, 1.165) is 35.7 Å². The number of benzene rings is 2. The highest BCUT2D eigenvalue weighted by Gasteiger charge is 2.49. The molecule has 190 valence electrons. The average molecular weight is 489 g/mol. The largest absolute Gasteiger partial charge is 0.380 e. The predicted octanol–water partition coefficient (Wildman–Crippen LogP) is 3.06. The number of hydrogen-bond donors (Lipinski definition) is 3. The third-order valence-electron chi connectivity index (χ3n) is 8.11. The molecule has 7 heteroatoms. The number of para-hydroxylation sites is 1. The maximum Gasteiger partial charge on any atom is 0.245 e. The Morgan fingerprint density at radius 2 is 1.86 bits per heavy atom. The van der Waals surface area contributed by atoms with E-state index in [1.165, 1.54) is 11.1 Å². The van der Waals surface area contributed by atoms with Gasteiger partial charge in [-0.05, 0) is 55.9 Å². The Labute approximate surface area is 212 Å². The Bertz CT molecular complexity index is 1270. The highest BCUT2D eigenvalue weighted by Crippen LogP contribution is 2.47. The monoisotopic (exact) mass is 488 g/mol. The topological polar surface area (TPSA) is 100 Å². The summed E-state index contributed by atoms with van der Waals surface area (Å²) in [6, 6.07) is 15.9. The summed E-state index contributed by atoms with van der Waals surface area (Å²) in [5, 5.41) is 4.02. The number of piperidine rings is 1. The fraction of sp³-hybridized carbons (Fsp3) is 0.448. The first-order valence-corrected chi connectivity index (χ1v) is 12.8. The number of aromatic nitrogens is 1. The fourth-order valence-corrected chi connectivity index (χ4v) is 6.06. The molecule has 0 bridgehead atoms. The van der Waals surface area contributed by atoms with Gasteiger partial charge in [0.1, 0.15) is 6.04 Å². The number of amides is 2. The molecule has 1 aliphatic heterocycles. The van der Waals surface area contributed by atoms with Gasteiger partial charge in [-0.3, -0.25) is 9.59 Å². The molecule has 1 saturated heterocycles. The van der Waals surface area contributed by atoms with Crippen LogP contribution in [0.2, 0.25) is 0 Å². The van der Waals surface area contributed by atoms with Crippen molar-refractivity contribution in [2.24, 2.45) is 5.73 Å². The zero-order valence-corrected chi connectivity index (χ0v) is 21.3. The van der Waals surface area contributed by atoms with Crippen molar-refractivity contribution in [3.05, 3.63) is 71.4 Å². The van der Waals surface area contributed by atoms with Crippen LogP contribution in [0, 0.1) is 0 Å². The number of likely N-dealkylation sites (tertiary alicyclic amines) is 1. The number of fused-ring (bicyclic) bond motifs is 3. The molecule has 1 unspecified atom stereocenters. The number of methoxy groups -OCH3 is 1. The van der Waals surface area contributed by atoms with Crippen LogP contribution in [0.4, 0.5) is 0 Å². The number of aromatic amines is 1. The van der Waals surface area contributed by atoms with E-state index < -0.39 is 11.6 Å². The Hall–Kier alpha value is -3.16. The first kappa shape index (κ1) is 24.5. The molecule has 1 fully saturated rings. The lowest BCUT2D eigenvalue weighted by atomic mass is 9.72. The van der Waals surface area contributed by atoms with Crippen molar-refractivity contribution >= 4 is 22.7 Å². The van der Waals surface area contributed by atoms with Gasteiger partial charge in [0, 0.05) is 49.1 Å². The van der Waals surface area contributed by atoms with Crippen LogP contribution >= 0.6 is 0 Å². The molecule has 7 nitrogen and oxygen atoms in total. The molecule has 2 amide bonds. The van der Waals surface area contributed by atoms with Crippen LogP contribution in [-0.4, -0.2) is 59.6 Å². The summed E-state index contributed by atoms with van der Waals surface area (Å²) in [6.07, 6.45) is 5.02. The van der Waals surface area contributed by atoms with Crippen LogP contribution in [0.25, 0.3) is 10.9 Å². The molecular weight excluding hydrogens is 452 g/mol. The van der Waals surface area contributed by atoms with Gasteiger partial charge < -0.3 is 25.7 Å². The normalized spacial score (nSPS) is 19.9. The lowest BCUT2D eigenvalue weighted by Crippen LogP contribution is -2.59. The molecule has 1 spiro atoms. The number of nitrogens with two attached hydrogens (primary N) is 1. The number of hydrogen-bond acceptors (Lipinski definition) is 4. The van der Waals surface area contributed by atoms with Crippen LogP contribution in [0.5, 0.6) is 0 Å². The quantitative estimate of drug-likeness (QED) is 0.496. The van der Waals surface area contributed by atoms with Crippen LogP contribution in [-0.2, 0) is 32.6 Å². The average Bonchev–Trinajstić information content (AvgIpc) is 3.42. The smallest absolute Gasteiger partial charge is 0.245 e. The zero-order chi connectivity index (χ0) is 25.5. The molecule has 1 aromatic heterocycles. The number of carbonyl (C=O) groups is 2. The molecule has 1 aliphatic carbocycles. The van der Waals surface area contributed by atoms with Gasteiger partial charge >= 0.3 is 0 Å². The van der Waals surface area contributed by atoms with Gasteiger partial charge in [0.2, 0.25) is 11.8 Å². The lowest BCUT2D eigenvalue weighted by Gasteiger charge is -2.44. The Morgan fingerprint density at radius 3 is 2.58 bits per heavy atom. The standard InChI is InChI=1S/C29H36N4O3/c1-28(2,30)27(35)32-24(16-20-18-31-23-11-7-5-9-21(20)23)26(34)33-14-12-29(13-15-33)22-10-6-4-8-19(22)17-25(29)36-3/h4-11,18,24-25,31H,12-17,30H2,1-3H3,(H,32,35)/t24-,25?/m1/s1. The highest BCUT2D eigenvalue weighted by atomic mass is 16.5. The minimum atomic E-state index is -1.08. The number of ether oxygens (including phenoxy) is 1. The summed E-state index contributed by atoms with van der Waals surface area (Å²) < 4.78 is 5.95. The predicted molar refractivity (Wildman–Crippen MR) is 141 cm³/mol. The van der Waals surface area contributed by atoms with Gasteiger partial charge in [-0.25, -0.2) is 0 Å². The van der Waals surface area contributed by atoms with Crippen molar-refractivity contribution in [3.63, 3.8) is 0 Å². The molecule has 2 aliphatic rings.